The Morgan fingerprint density at radius 2 is 1.24 bits per heavy atom. The maximum atomic E-state index is 13.5. The molecular weight excluding hydrogens is 275 g/mol. The summed E-state index contributed by atoms with van der Waals surface area (Å²) in [4.78, 5) is 0. The Balaban J connectivity index is 2.73. The lowest BCUT2D eigenvalue weighted by molar-refractivity contribution is 0.584. The SMILES string of the molecule is CC(C)c1cc(C(C)C)c(P2(=O)CCCC2)c(C(C)C)c1. The van der Waals surface area contributed by atoms with E-state index >= 15 is 0 Å². The Kier molecular flexibility index (Phi) is 5.03. The van der Waals surface area contributed by atoms with Gasteiger partial charge in [0.1, 0.15) is 7.14 Å². The number of benzene rings is 1. The highest BCUT2D eigenvalue weighted by Gasteiger charge is 2.34. The summed E-state index contributed by atoms with van der Waals surface area (Å²) >= 11 is 0. The van der Waals surface area contributed by atoms with Crippen molar-refractivity contribution in [2.24, 2.45) is 0 Å². The van der Waals surface area contributed by atoms with Crippen LogP contribution in [0.15, 0.2) is 12.1 Å². The second kappa shape index (κ2) is 6.29. The van der Waals surface area contributed by atoms with E-state index < -0.39 is 7.14 Å². The molecule has 1 fully saturated rings. The molecule has 1 heterocycles. The summed E-state index contributed by atoms with van der Waals surface area (Å²) in [5, 5.41) is 1.26. The molecule has 0 saturated carbocycles. The Morgan fingerprint density at radius 1 is 0.810 bits per heavy atom. The van der Waals surface area contributed by atoms with Gasteiger partial charge in [0.15, 0.2) is 0 Å². The van der Waals surface area contributed by atoms with E-state index in [0.717, 1.165) is 25.2 Å². The van der Waals surface area contributed by atoms with Crippen LogP contribution in [-0.2, 0) is 4.57 Å². The van der Waals surface area contributed by atoms with Crippen molar-refractivity contribution in [1.29, 1.82) is 0 Å². The van der Waals surface area contributed by atoms with Gasteiger partial charge in [-0.1, -0.05) is 53.7 Å². The normalized spacial score (nSPS) is 18.1. The van der Waals surface area contributed by atoms with Crippen molar-refractivity contribution in [2.45, 2.75) is 72.1 Å². The van der Waals surface area contributed by atoms with Gasteiger partial charge in [-0.05, 0) is 47.3 Å². The molecule has 0 atom stereocenters. The molecule has 0 bridgehead atoms. The second-order valence-corrected chi connectivity index (χ2v) is 10.7. The summed E-state index contributed by atoms with van der Waals surface area (Å²) in [5.74, 6) is 1.42. The summed E-state index contributed by atoms with van der Waals surface area (Å²) in [7, 11) is -2.16. The molecule has 1 nitrogen and oxygen atoms in total. The summed E-state index contributed by atoms with van der Waals surface area (Å²) in [6, 6.07) is 4.68. The van der Waals surface area contributed by atoms with Gasteiger partial charge in [0.25, 0.3) is 0 Å². The molecule has 2 rings (SSSR count). The van der Waals surface area contributed by atoms with E-state index in [1.54, 1.807) is 0 Å². The molecule has 1 aliphatic heterocycles. The van der Waals surface area contributed by atoms with Gasteiger partial charge in [0.2, 0.25) is 0 Å². The van der Waals surface area contributed by atoms with E-state index in [1.165, 1.54) is 22.0 Å². The summed E-state index contributed by atoms with van der Waals surface area (Å²) in [5.41, 5.74) is 4.11. The molecule has 1 aromatic rings. The number of hydrogen-bond acceptors (Lipinski definition) is 1. The molecule has 1 aromatic carbocycles. The fraction of sp³-hybridized carbons (Fsp3) is 0.684. The van der Waals surface area contributed by atoms with Crippen molar-refractivity contribution in [1.82, 2.24) is 0 Å². The van der Waals surface area contributed by atoms with E-state index in [1.807, 2.05) is 0 Å². The summed E-state index contributed by atoms with van der Waals surface area (Å²) < 4.78 is 13.5. The van der Waals surface area contributed by atoms with Crippen LogP contribution >= 0.6 is 7.14 Å². The molecule has 1 saturated heterocycles. The van der Waals surface area contributed by atoms with Gasteiger partial charge in [-0.25, -0.2) is 0 Å². The number of hydrogen-bond donors (Lipinski definition) is 0. The molecule has 0 N–H and O–H groups in total. The first-order chi connectivity index (χ1) is 9.76. The van der Waals surface area contributed by atoms with Crippen LogP contribution in [0.3, 0.4) is 0 Å². The Morgan fingerprint density at radius 3 is 1.57 bits per heavy atom. The molecule has 118 valence electrons. The Bertz CT molecular complexity index is 516. The van der Waals surface area contributed by atoms with E-state index in [-0.39, 0.29) is 0 Å². The van der Waals surface area contributed by atoms with E-state index in [0.29, 0.717) is 17.8 Å². The third-order valence-corrected chi connectivity index (χ3v) is 8.21. The highest BCUT2D eigenvalue weighted by molar-refractivity contribution is 7.72. The first-order valence-electron chi connectivity index (χ1n) is 8.52. The summed E-state index contributed by atoms with van der Waals surface area (Å²) in [6.45, 7) is 13.5. The van der Waals surface area contributed by atoms with E-state index in [4.69, 9.17) is 0 Å². The van der Waals surface area contributed by atoms with Crippen LogP contribution < -0.4 is 5.30 Å². The second-order valence-electron chi connectivity index (χ2n) is 7.56. The van der Waals surface area contributed by atoms with Crippen molar-refractivity contribution in [3.8, 4) is 0 Å². The smallest absolute Gasteiger partial charge is 0.116 e. The van der Waals surface area contributed by atoms with Gasteiger partial charge in [-0.2, -0.15) is 0 Å². The molecule has 0 unspecified atom stereocenters. The average molecular weight is 306 g/mol. The van der Waals surface area contributed by atoms with E-state index in [9.17, 15) is 4.57 Å². The minimum Gasteiger partial charge on any atom is -0.319 e. The van der Waals surface area contributed by atoms with Crippen molar-refractivity contribution < 1.29 is 4.57 Å². The zero-order valence-electron chi connectivity index (χ0n) is 14.6. The van der Waals surface area contributed by atoms with Gasteiger partial charge in [-0.15, -0.1) is 0 Å². The maximum absolute atomic E-state index is 13.5. The van der Waals surface area contributed by atoms with Crippen molar-refractivity contribution in [3.63, 3.8) is 0 Å². The molecule has 0 spiro atoms. The van der Waals surface area contributed by atoms with Crippen molar-refractivity contribution >= 4 is 12.4 Å². The highest BCUT2D eigenvalue weighted by atomic mass is 31.2. The Labute approximate surface area is 130 Å². The highest BCUT2D eigenvalue weighted by Crippen LogP contribution is 2.54. The van der Waals surface area contributed by atoms with Gasteiger partial charge in [0.05, 0.1) is 0 Å². The predicted molar refractivity (Wildman–Crippen MR) is 94.9 cm³/mol. The minimum absolute atomic E-state index is 0.447. The van der Waals surface area contributed by atoms with Crippen LogP contribution in [0, 0.1) is 0 Å². The monoisotopic (exact) mass is 306 g/mol. The lowest BCUT2D eigenvalue weighted by Crippen LogP contribution is -2.21. The van der Waals surface area contributed by atoms with Crippen LogP contribution in [0.1, 0.15) is 88.8 Å². The average Bonchev–Trinajstić information content (AvgIpc) is 2.84. The molecule has 0 radical (unpaired) electrons. The predicted octanol–water partition coefficient (Wildman–Crippen LogP) is 5.84. The van der Waals surface area contributed by atoms with Crippen LogP contribution in [-0.4, -0.2) is 12.3 Å². The molecule has 0 aliphatic carbocycles. The quantitative estimate of drug-likeness (QED) is 0.639. The van der Waals surface area contributed by atoms with Crippen LogP contribution in [0.4, 0.5) is 0 Å². The molecular formula is C19H31OP. The maximum Gasteiger partial charge on any atom is 0.116 e. The lowest BCUT2D eigenvalue weighted by Gasteiger charge is -2.26. The first kappa shape index (κ1) is 16.8. The van der Waals surface area contributed by atoms with Gasteiger partial charge >= 0.3 is 0 Å². The topological polar surface area (TPSA) is 17.1 Å². The summed E-state index contributed by atoms with van der Waals surface area (Å²) in [6.07, 6.45) is 4.12. The third-order valence-electron chi connectivity index (χ3n) is 4.80. The van der Waals surface area contributed by atoms with Crippen LogP contribution in [0.25, 0.3) is 0 Å². The van der Waals surface area contributed by atoms with Crippen LogP contribution in [0.5, 0.6) is 0 Å². The van der Waals surface area contributed by atoms with Crippen molar-refractivity contribution in [3.05, 3.63) is 28.8 Å². The zero-order chi connectivity index (χ0) is 15.8. The van der Waals surface area contributed by atoms with Crippen LogP contribution in [0.2, 0.25) is 0 Å². The molecule has 1 aliphatic rings. The first-order valence-corrected chi connectivity index (χ1v) is 10.6. The molecule has 0 amide bonds. The standard InChI is InChI=1S/C19H31OP/c1-13(2)16-11-17(14(3)4)19(18(12-16)15(5)6)21(20)9-7-8-10-21/h11-15H,7-10H2,1-6H3. The third kappa shape index (κ3) is 3.29. The minimum atomic E-state index is -2.16. The fourth-order valence-electron chi connectivity index (χ4n) is 3.46. The van der Waals surface area contributed by atoms with Gasteiger partial charge in [-0.3, -0.25) is 0 Å². The molecule has 21 heavy (non-hydrogen) atoms. The van der Waals surface area contributed by atoms with E-state index in [2.05, 4.69) is 53.7 Å². The Hall–Kier alpha value is -0.550. The largest absolute Gasteiger partial charge is 0.319 e. The van der Waals surface area contributed by atoms with Gasteiger partial charge in [0, 0.05) is 17.6 Å². The zero-order valence-corrected chi connectivity index (χ0v) is 15.5. The molecule has 0 aromatic heterocycles. The lowest BCUT2D eigenvalue weighted by atomic mass is 9.89. The fourth-order valence-corrected chi connectivity index (χ4v) is 7.18. The number of rotatable bonds is 4. The van der Waals surface area contributed by atoms with Gasteiger partial charge < -0.3 is 4.57 Å². The molecule has 2 heteroatoms. The van der Waals surface area contributed by atoms with Crippen molar-refractivity contribution in [2.75, 3.05) is 12.3 Å².